The van der Waals surface area contributed by atoms with E-state index in [0.29, 0.717) is 12.3 Å². The number of carbonyl (C=O) groups is 2. The molecule has 0 aliphatic carbocycles. The van der Waals surface area contributed by atoms with Gasteiger partial charge in [0, 0.05) is 13.5 Å². The molecular formula is C10H13NO4. The third-order valence-electron chi connectivity index (χ3n) is 1.95. The highest BCUT2D eigenvalue weighted by Crippen LogP contribution is 2.05. The van der Waals surface area contributed by atoms with Crippen LogP contribution in [-0.2, 0) is 16.1 Å². The van der Waals surface area contributed by atoms with Crippen LogP contribution in [0.15, 0.2) is 22.8 Å². The van der Waals surface area contributed by atoms with Gasteiger partial charge in [-0.15, -0.1) is 0 Å². The third kappa shape index (κ3) is 3.84. The maximum absolute atomic E-state index is 11.4. The van der Waals surface area contributed by atoms with Crippen molar-refractivity contribution in [2.45, 2.75) is 19.4 Å². The van der Waals surface area contributed by atoms with Crippen molar-refractivity contribution in [2.75, 3.05) is 7.05 Å². The molecule has 1 aromatic rings. The van der Waals surface area contributed by atoms with Gasteiger partial charge in [0.15, 0.2) is 0 Å². The summed E-state index contributed by atoms with van der Waals surface area (Å²) < 4.78 is 5.07. The number of amides is 1. The molecule has 1 heterocycles. The number of hydrogen-bond donors (Lipinski definition) is 1. The fourth-order valence-corrected chi connectivity index (χ4v) is 1.13. The fraction of sp³-hybridized carbons (Fsp3) is 0.400. The van der Waals surface area contributed by atoms with E-state index in [2.05, 4.69) is 0 Å². The molecule has 0 radical (unpaired) electrons. The van der Waals surface area contributed by atoms with Gasteiger partial charge in [0.1, 0.15) is 5.76 Å². The molecule has 0 spiro atoms. The second kappa shape index (κ2) is 5.19. The Hall–Kier alpha value is -1.78. The van der Waals surface area contributed by atoms with Crippen LogP contribution in [0.3, 0.4) is 0 Å². The highest BCUT2D eigenvalue weighted by atomic mass is 16.4. The predicted octanol–water partition coefficient (Wildman–Crippen LogP) is 1.10. The first-order chi connectivity index (χ1) is 7.09. The Labute approximate surface area is 87.3 Å². The Bertz CT molecular complexity index is 331. The topological polar surface area (TPSA) is 70.8 Å². The van der Waals surface area contributed by atoms with Crippen molar-refractivity contribution in [3.8, 4) is 0 Å². The maximum Gasteiger partial charge on any atom is 0.303 e. The monoisotopic (exact) mass is 211 g/mol. The van der Waals surface area contributed by atoms with Gasteiger partial charge in [0.2, 0.25) is 5.91 Å². The zero-order valence-corrected chi connectivity index (χ0v) is 8.47. The van der Waals surface area contributed by atoms with Crippen LogP contribution in [-0.4, -0.2) is 28.9 Å². The van der Waals surface area contributed by atoms with Gasteiger partial charge in [0.25, 0.3) is 0 Å². The van der Waals surface area contributed by atoms with Crippen LogP contribution < -0.4 is 0 Å². The van der Waals surface area contributed by atoms with Gasteiger partial charge >= 0.3 is 5.97 Å². The summed E-state index contributed by atoms with van der Waals surface area (Å²) >= 11 is 0. The van der Waals surface area contributed by atoms with Crippen LogP contribution in [0, 0.1) is 0 Å². The van der Waals surface area contributed by atoms with Crippen LogP contribution >= 0.6 is 0 Å². The van der Waals surface area contributed by atoms with Crippen molar-refractivity contribution in [3.63, 3.8) is 0 Å². The zero-order chi connectivity index (χ0) is 11.3. The summed E-state index contributed by atoms with van der Waals surface area (Å²) in [7, 11) is 1.62. The van der Waals surface area contributed by atoms with E-state index in [1.54, 1.807) is 19.2 Å². The summed E-state index contributed by atoms with van der Waals surface area (Å²) in [6.07, 6.45) is 1.42. The molecule has 1 amide bonds. The minimum atomic E-state index is -0.963. The van der Waals surface area contributed by atoms with E-state index < -0.39 is 5.97 Å². The molecule has 0 saturated heterocycles. The van der Waals surface area contributed by atoms with Crippen LogP contribution in [0.25, 0.3) is 0 Å². The number of carbonyl (C=O) groups excluding carboxylic acids is 1. The molecule has 82 valence electrons. The molecule has 0 bridgehead atoms. The van der Waals surface area contributed by atoms with Gasteiger partial charge < -0.3 is 14.4 Å². The van der Waals surface area contributed by atoms with E-state index >= 15 is 0 Å². The van der Waals surface area contributed by atoms with Crippen LogP contribution in [0.2, 0.25) is 0 Å². The van der Waals surface area contributed by atoms with Crippen molar-refractivity contribution in [1.29, 1.82) is 0 Å². The Kier molecular flexibility index (Phi) is 3.91. The first kappa shape index (κ1) is 11.3. The van der Waals surface area contributed by atoms with Crippen molar-refractivity contribution in [2.24, 2.45) is 0 Å². The van der Waals surface area contributed by atoms with Crippen molar-refractivity contribution in [3.05, 3.63) is 24.2 Å². The zero-order valence-electron chi connectivity index (χ0n) is 8.47. The molecule has 0 aliphatic rings. The highest BCUT2D eigenvalue weighted by molar-refractivity contribution is 5.80. The van der Waals surface area contributed by atoms with E-state index in [1.165, 1.54) is 11.2 Å². The van der Waals surface area contributed by atoms with E-state index in [0.717, 1.165) is 0 Å². The number of carboxylic acids is 1. The number of furan rings is 1. The van der Waals surface area contributed by atoms with Crippen LogP contribution in [0.1, 0.15) is 18.6 Å². The van der Waals surface area contributed by atoms with Crippen LogP contribution in [0.5, 0.6) is 0 Å². The molecule has 0 unspecified atom stereocenters. The normalized spacial score (nSPS) is 9.93. The first-order valence-electron chi connectivity index (χ1n) is 4.57. The standard InChI is InChI=1S/C10H13NO4/c1-11(7-8-3-2-6-15-8)9(12)4-5-10(13)14/h2-3,6H,4-5,7H2,1H3,(H,13,14). The van der Waals surface area contributed by atoms with E-state index in [-0.39, 0.29) is 18.7 Å². The smallest absolute Gasteiger partial charge is 0.303 e. The molecule has 0 aromatic carbocycles. The molecule has 1 aromatic heterocycles. The molecule has 5 heteroatoms. The summed E-state index contributed by atoms with van der Waals surface area (Å²) in [5, 5.41) is 8.41. The van der Waals surface area contributed by atoms with Crippen molar-refractivity contribution < 1.29 is 19.1 Å². The SMILES string of the molecule is CN(Cc1ccco1)C(=O)CCC(=O)O. The Balaban J connectivity index is 2.36. The molecule has 0 aliphatic heterocycles. The van der Waals surface area contributed by atoms with Gasteiger partial charge in [0.05, 0.1) is 19.2 Å². The molecular weight excluding hydrogens is 198 g/mol. The summed E-state index contributed by atoms with van der Waals surface area (Å²) in [6.45, 7) is 0.367. The average molecular weight is 211 g/mol. The van der Waals surface area contributed by atoms with Gasteiger partial charge in [-0.25, -0.2) is 0 Å². The highest BCUT2D eigenvalue weighted by Gasteiger charge is 2.11. The average Bonchev–Trinajstić information content (AvgIpc) is 2.66. The lowest BCUT2D eigenvalue weighted by Crippen LogP contribution is -2.26. The summed E-state index contributed by atoms with van der Waals surface area (Å²) in [6, 6.07) is 3.51. The minimum absolute atomic E-state index is 0.0204. The molecule has 1 N–H and O–H groups in total. The number of aliphatic carboxylic acids is 1. The summed E-state index contributed by atoms with van der Waals surface area (Å²) in [5.74, 6) is -0.482. The molecule has 15 heavy (non-hydrogen) atoms. The maximum atomic E-state index is 11.4. The second-order valence-electron chi connectivity index (χ2n) is 3.22. The van der Waals surface area contributed by atoms with E-state index in [9.17, 15) is 9.59 Å². The Morgan fingerprint density at radius 1 is 1.47 bits per heavy atom. The largest absolute Gasteiger partial charge is 0.481 e. The number of hydrogen-bond acceptors (Lipinski definition) is 3. The van der Waals surface area contributed by atoms with Gasteiger partial charge in [-0.05, 0) is 12.1 Å². The van der Waals surface area contributed by atoms with Gasteiger partial charge in [-0.2, -0.15) is 0 Å². The summed E-state index contributed by atoms with van der Waals surface area (Å²) in [4.78, 5) is 23.1. The minimum Gasteiger partial charge on any atom is -0.481 e. The molecule has 1 rings (SSSR count). The Morgan fingerprint density at radius 2 is 2.20 bits per heavy atom. The molecule has 5 nitrogen and oxygen atoms in total. The second-order valence-corrected chi connectivity index (χ2v) is 3.22. The van der Waals surface area contributed by atoms with Crippen LogP contribution in [0.4, 0.5) is 0 Å². The molecule has 0 atom stereocenters. The lowest BCUT2D eigenvalue weighted by molar-refractivity contribution is -0.140. The summed E-state index contributed by atoms with van der Waals surface area (Å²) in [5.41, 5.74) is 0. The first-order valence-corrected chi connectivity index (χ1v) is 4.57. The molecule has 0 fully saturated rings. The fourth-order valence-electron chi connectivity index (χ4n) is 1.13. The van der Waals surface area contributed by atoms with E-state index in [4.69, 9.17) is 9.52 Å². The predicted molar refractivity (Wildman–Crippen MR) is 52.1 cm³/mol. The molecule has 0 saturated carbocycles. The third-order valence-corrected chi connectivity index (χ3v) is 1.95. The number of carboxylic acid groups (broad SMARTS) is 1. The lowest BCUT2D eigenvalue weighted by atomic mass is 10.3. The van der Waals surface area contributed by atoms with E-state index in [1.807, 2.05) is 0 Å². The van der Waals surface area contributed by atoms with Gasteiger partial charge in [-0.3, -0.25) is 9.59 Å². The number of rotatable bonds is 5. The van der Waals surface area contributed by atoms with Gasteiger partial charge in [-0.1, -0.05) is 0 Å². The quantitative estimate of drug-likeness (QED) is 0.791. The Morgan fingerprint density at radius 3 is 2.73 bits per heavy atom. The number of nitrogens with zero attached hydrogens (tertiary/aromatic N) is 1. The van der Waals surface area contributed by atoms with Crippen molar-refractivity contribution >= 4 is 11.9 Å². The van der Waals surface area contributed by atoms with Crippen molar-refractivity contribution in [1.82, 2.24) is 4.90 Å². The lowest BCUT2D eigenvalue weighted by Gasteiger charge is -2.14.